The number of carbonyl (C=O) groups excluding carboxylic acids is 1. The van der Waals surface area contributed by atoms with E-state index in [4.69, 9.17) is 11.6 Å². The standard InChI is InChI=1S/C22H26ClN3O/c1-17-4-2-5-18(12-17)14-25-10-3-7-22(15-25)8-11-26(16-22)21(27)19-6-9-24-20(23)13-19/h2,4-6,9,12-13H,3,7-8,10-11,14-16H2,1H3. The van der Waals surface area contributed by atoms with Crippen LogP contribution in [0.2, 0.25) is 5.15 Å². The Bertz CT molecular complexity index is 840. The Kier molecular flexibility index (Phi) is 5.20. The molecule has 0 saturated carbocycles. The SMILES string of the molecule is Cc1cccc(CN2CCCC3(CCN(C(=O)c4ccnc(Cl)c4)C3)C2)c1. The number of nitrogens with zero attached hydrogens (tertiary/aromatic N) is 3. The molecule has 1 unspecified atom stereocenters. The van der Waals surface area contributed by atoms with Gasteiger partial charge in [0, 0.05) is 43.4 Å². The smallest absolute Gasteiger partial charge is 0.254 e. The monoisotopic (exact) mass is 383 g/mol. The number of aryl methyl sites for hydroxylation is 1. The fourth-order valence-electron chi connectivity index (χ4n) is 4.67. The van der Waals surface area contributed by atoms with Gasteiger partial charge in [-0.15, -0.1) is 0 Å². The first-order valence-corrected chi connectivity index (χ1v) is 10.1. The summed E-state index contributed by atoms with van der Waals surface area (Å²) in [6, 6.07) is 12.2. The molecule has 5 heteroatoms. The van der Waals surface area contributed by atoms with Gasteiger partial charge in [-0.1, -0.05) is 41.4 Å². The van der Waals surface area contributed by atoms with Crippen molar-refractivity contribution in [3.8, 4) is 0 Å². The molecule has 2 aliphatic rings. The number of amides is 1. The van der Waals surface area contributed by atoms with Gasteiger partial charge in [0.2, 0.25) is 0 Å². The summed E-state index contributed by atoms with van der Waals surface area (Å²) in [4.78, 5) is 21.4. The fourth-order valence-corrected chi connectivity index (χ4v) is 4.85. The molecule has 1 aromatic heterocycles. The van der Waals surface area contributed by atoms with Gasteiger partial charge in [-0.05, 0) is 50.4 Å². The van der Waals surface area contributed by atoms with Crippen molar-refractivity contribution in [2.24, 2.45) is 5.41 Å². The number of halogens is 1. The number of benzene rings is 1. The normalized spacial score (nSPS) is 23.1. The Morgan fingerprint density at radius 3 is 2.89 bits per heavy atom. The lowest BCUT2D eigenvalue weighted by atomic mass is 9.79. The zero-order valence-corrected chi connectivity index (χ0v) is 16.6. The highest BCUT2D eigenvalue weighted by Crippen LogP contribution is 2.39. The summed E-state index contributed by atoms with van der Waals surface area (Å²) >= 11 is 5.96. The third kappa shape index (κ3) is 4.17. The first-order valence-electron chi connectivity index (χ1n) is 9.72. The average molecular weight is 384 g/mol. The maximum atomic E-state index is 12.9. The lowest BCUT2D eigenvalue weighted by molar-refractivity contribution is 0.0675. The van der Waals surface area contributed by atoms with Gasteiger partial charge in [0.1, 0.15) is 5.15 Å². The fraction of sp³-hybridized carbons (Fsp3) is 0.455. The maximum absolute atomic E-state index is 12.9. The van der Waals surface area contributed by atoms with Gasteiger partial charge in [0.05, 0.1) is 0 Å². The number of likely N-dealkylation sites (tertiary alicyclic amines) is 2. The number of aromatic nitrogens is 1. The van der Waals surface area contributed by atoms with E-state index in [9.17, 15) is 4.79 Å². The van der Waals surface area contributed by atoms with E-state index in [1.165, 1.54) is 24.0 Å². The van der Waals surface area contributed by atoms with Crippen molar-refractivity contribution in [3.05, 3.63) is 64.4 Å². The van der Waals surface area contributed by atoms with Crippen LogP contribution in [0.25, 0.3) is 0 Å². The van der Waals surface area contributed by atoms with Crippen molar-refractivity contribution >= 4 is 17.5 Å². The molecule has 1 atom stereocenters. The highest BCUT2D eigenvalue weighted by atomic mass is 35.5. The number of hydrogen-bond acceptors (Lipinski definition) is 3. The van der Waals surface area contributed by atoms with Gasteiger partial charge < -0.3 is 4.90 Å². The predicted molar refractivity (Wildman–Crippen MR) is 108 cm³/mol. The second kappa shape index (κ2) is 7.61. The van der Waals surface area contributed by atoms with Crippen LogP contribution in [0.5, 0.6) is 0 Å². The van der Waals surface area contributed by atoms with E-state index in [1.54, 1.807) is 18.3 Å². The average Bonchev–Trinajstić information content (AvgIpc) is 3.04. The molecule has 3 heterocycles. The third-order valence-electron chi connectivity index (χ3n) is 5.93. The Hall–Kier alpha value is -1.91. The van der Waals surface area contributed by atoms with E-state index in [-0.39, 0.29) is 11.3 Å². The van der Waals surface area contributed by atoms with Crippen LogP contribution >= 0.6 is 11.6 Å². The van der Waals surface area contributed by atoms with E-state index < -0.39 is 0 Å². The lowest BCUT2D eigenvalue weighted by Crippen LogP contribution is -2.45. The zero-order valence-electron chi connectivity index (χ0n) is 15.8. The number of pyridine rings is 1. The van der Waals surface area contributed by atoms with Crippen molar-refractivity contribution in [1.82, 2.24) is 14.8 Å². The Labute approximate surface area is 166 Å². The van der Waals surface area contributed by atoms with Gasteiger partial charge in [-0.2, -0.15) is 0 Å². The van der Waals surface area contributed by atoms with Crippen molar-refractivity contribution in [2.45, 2.75) is 32.7 Å². The Balaban J connectivity index is 1.42. The quantitative estimate of drug-likeness (QED) is 0.746. The first kappa shape index (κ1) is 18.5. The Morgan fingerprint density at radius 1 is 1.19 bits per heavy atom. The molecule has 142 valence electrons. The summed E-state index contributed by atoms with van der Waals surface area (Å²) in [5.41, 5.74) is 3.56. The summed E-state index contributed by atoms with van der Waals surface area (Å²) in [5.74, 6) is 0.0759. The van der Waals surface area contributed by atoms with Gasteiger partial charge in [-0.25, -0.2) is 4.98 Å². The van der Waals surface area contributed by atoms with Crippen molar-refractivity contribution in [3.63, 3.8) is 0 Å². The minimum Gasteiger partial charge on any atom is -0.338 e. The molecular formula is C22H26ClN3O. The molecule has 0 aliphatic carbocycles. The zero-order chi connectivity index (χ0) is 18.9. The largest absolute Gasteiger partial charge is 0.338 e. The molecule has 1 aromatic carbocycles. The molecular weight excluding hydrogens is 358 g/mol. The van der Waals surface area contributed by atoms with E-state index in [2.05, 4.69) is 41.1 Å². The lowest BCUT2D eigenvalue weighted by Gasteiger charge is -2.40. The van der Waals surface area contributed by atoms with Crippen LogP contribution in [0.15, 0.2) is 42.6 Å². The molecule has 2 aromatic rings. The highest BCUT2D eigenvalue weighted by Gasteiger charge is 2.42. The Morgan fingerprint density at radius 2 is 2.07 bits per heavy atom. The molecule has 2 aliphatic heterocycles. The van der Waals surface area contributed by atoms with Crippen LogP contribution < -0.4 is 0 Å². The molecule has 0 radical (unpaired) electrons. The summed E-state index contributed by atoms with van der Waals surface area (Å²) in [6.07, 6.45) is 5.10. The minimum atomic E-state index is 0.0759. The molecule has 4 nitrogen and oxygen atoms in total. The number of carbonyl (C=O) groups is 1. The molecule has 4 rings (SSSR count). The molecule has 0 bridgehead atoms. The number of rotatable bonds is 3. The van der Waals surface area contributed by atoms with Gasteiger partial charge in [0.15, 0.2) is 0 Å². The van der Waals surface area contributed by atoms with Crippen LogP contribution in [0.1, 0.15) is 40.7 Å². The summed E-state index contributed by atoms with van der Waals surface area (Å²) in [7, 11) is 0. The second-order valence-electron chi connectivity index (χ2n) is 8.15. The van der Waals surface area contributed by atoms with E-state index >= 15 is 0 Å². The number of hydrogen-bond donors (Lipinski definition) is 0. The molecule has 0 N–H and O–H groups in total. The van der Waals surface area contributed by atoms with Gasteiger partial charge >= 0.3 is 0 Å². The molecule has 27 heavy (non-hydrogen) atoms. The second-order valence-corrected chi connectivity index (χ2v) is 8.53. The predicted octanol–water partition coefficient (Wildman–Crippen LogP) is 4.17. The first-order chi connectivity index (χ1) is 13.0. The molecule has 2 saturated heterocycles. The van der Waals surface area contributed by atoms with E-state index in [1.807, 2.05) is 4.90 Å². The topological polar surface area (TPSA) is 36.4 Å². The maximum Gasteiger partial charge on any atom is 0.254 e. The molecule has 1 spiro atoms. The van der Waals surface area contributed by atoms with Crippen LogP contribution in [-0.4, -0.2) is 46.9 Å². The van der Waals surface area contributed by atoms with Crippen LogP contribution in [0, 0.1) is 12.3 Å². The summed E-state index contributed by atoms with van der Waals surface area (Å²) < 4.78 is 0. The van der Waals surface area contributed by atoms with Gasteiger partial charge in [-0.3, -0.25) is 9.69 Å². The van der Waals surface area contributed by atoms with Gasteiger partial charge in [0.25, 0.3) is 5.91 Å². The van der Waals surface area contributed by atoms with Crippen LogP contribution in [0.4, 0.5) is 0 Å². The summed E-state index contributed by atoms with van der Waals surface area (Å²) in [6.45, 7) is 7.03. The van der Waals surface area contributed by atoms with Crippen molar-refractivity contribution in [2.75, 3.05) is 26.2 Å². The van der Waals surface area contributed by atoms with Crippen molar-refractivity contribution in [1.29, 1.82) is 0 Å². The third-order valence-corrected chi connectivity index (χ3v) is 6.13. The van der Waals surface area contributed by atoms with Crippen LogP contribution in [0.3, 0.4) is 0 Å². The van der Waals surface area contributed by atoms with E-state index in [0.717, 1.165) is 39.1 Å². The molecule has 2 fully saturated rings. The highest BCUT2D eigenvalue weighted by molar-refractivity contribution is 6.29. The van der Waals surface area contributed by atoms with Crippen molar-refractivity contribution < 1.29 is 4.79 Å². The summed E-state index contributed by atoms with van der Waals surface area (Å²) in [5, 5.41) is 0.372. The molecule has 1 amide bonds. The minimum absolute atomic E-state index is 0.0759. The van der Waals surface area contributed by atoms with E-state index in [0.29, 0.717) is 10.7 Å². The van der Waals surface area contributed by atoms with Crippen LogP contribution in [-0.2, 0) is 6.54 Å². The number of piperidine rings is 1.